The number of aromatic amines is 1. The molecule has 0 aromatic carbocycles. The van der Waals surface area contributed by atoms with Gasteiger partial charge in [-0.25, -0.2) is 13.4 Å². The van der Waals surface area contributed by atoms with Crippen LogP contribution < -0.4 is 5.73 Å². The zero-order valence-electron chi connectivity index (χ0n) is 12.5. The molecule has 120 valence electrons. The molecular formula is C14H21N5O2S. The Morgan fingerprint density at radius 2 is 2.23 bits per heavy atom. The van der Waals surface area contributed by atoms with Gasteiger partial charge in [-0.2, -0.15) is 5.10 Å². The molecule has 1 fully saturated rings. The summed E-state index contributed by atoms with van der Waals surface area (Å²) in [5, 5.41) is 14.9. The molecule has 1 aliphatic rings. The lowest BCUT2D eigenvalue weighted by molar-refractivity contribution is 0.546. The van der Waals surface area contributed by atoms with Crippen molar-refractivity contribution in [1.82, 2.24) is 10.2 Å². The van der Waals surface area contributed by atoms with E-state index in [1.165, 1.54) is 0 Å². The number of rotatable bonds is 5. The van der Waals surface area contributed by atoms with Crippen LogP contribution in [-0.4, -0.2) is 41.7 Å². The first-order valence-corrected chi connectivity index (χ1v) is 9.00. The number of H-pyrrole nitrogens is 1. The molecule has 0 amide bonds. The van der Waals surface area contributed by atoms with E-state index in [0.29, 0.717) is 30.2 Å². The molecule has 1 aromatic rings. The highest BCUT2D eigenvalue weighted by atomic mass is 32.2. The van der Waals surface area contributed by atoms with Gasteiger partial charge in [-0.05, 0) is 31.8 Å². The number of sulfone groups is 1. The quantitative estimate of drug-likeness (QED) is 0.563. The second kappa shape index (κ2) is 6.87. The van der Waals surface area contributed by atoms with Gasteiger partial charge in [-0.3, -0.25) is 5.10 Å². The van der Waals surface area contributed by atoms with Gasteiger partial charge in [0.2, 0.25) is 0 Å². The number of hydrogen-bond acceptors (Lipinski definition) is 5. The van der Waals surface area contributed by atoms with Crippen molar-refractivity contribution in [2.24, 2.45) is 16.6 Å². The SMILES string of the molecule is C/C=C/c1cc(N=C(N)CC(=N)C2CCS(=O)(=O)CC2)n[nH]1. The summed E-state index contributed by atoms with van der Waals surface area (Å²) < 4.78 is 22.8. The second-order valence-corrected chi connectivity index (χ2v) is 7.72. The number of nitrogens with two attached hydrogens (primary N) is 1. The molecule has 0 spiro atoms. The lowest BCUT2D eigenvalue weighted by atomic mass is 9.94. The Kier molecular flexibility index (Phi) is 5.12. The molecule has 1 aliphatic heterocycles. The molecule has 0 aliphatic carbocycles. The number of aromatic nitrogens is 2. The number of allylic oxidation sites excluding steroid dienone is 1. The molecule has 22 heavy (non-hydrogen) atoms. The Morgan fingerprint density at radius 1 is 1.55 bits per heavy atom. The van der Waals surface area contributed by atoms with Gasteiger partial charge >= 0.3 is 0 Å². The van der Waals surface area contributed by atoms with Crippen molar-refractivity contribution in [2.75, 3.05) is 11.5 Å². The normalized spacial score (nSPS) is 19.6. The van der Waals surface area contributed by atoms with Gasteiger partial charge in [0.25, 0.3) is 0 Å². The fraction of sp³-hybridized carbons (Fsp3) is 0.500. The van der Waals surface area contributed by atoms with Crippen LogP contribution in [0.1, 0.15) is 31.9 Å². The van der Waals surface area contributed by atoms with Gasteiger partial charge in [0.05, 0.1) is 17.2 Å². The molecule has 2 heterocycles. The molecule has 0 atom stereocenters. The van der Waals surface area contributed by atoms with E-state index in [9.17, 15) is 8.42 Å². The third-order valence-corrected chi connectivity index (χ3v) is 5.32. The minimum absolute atomic E-state index is 0.0185. The number of amidine groups is 1. The van der Waals surface area contributed by atoms with Crippen LogP contribution in [0.2, 0.25) is 0 Å². The third kappa shape index (κ3) is 4.52. The number of aliphatic imine (C=N–C) groups is 1. The van der Waals surface area contributed by atoms with Crippen LogP contribution in [0.5, 0.6) is 0 Å². The summed E-state index contributed by atoms with van der Waals surface area (Å²) >= 11 is 0. The first-order valence-electron chi connectivity index (χ1n) is 7.18. The van der Waals surface area contributed by atoms with Crippen molar-refractivity contribution in [2.45, 2.75) is 26.2 Å². The summed E-state index contributed by atoms with van der Waals surface area (Å²) in [4.78, 5) is 4.18. The van der Waals surface area contributed by atoms with Gasteiger partial charge < -0.3 is 11.1 Å². The van der Waals surface area contributed by atoms with E-state index in [1.54, 1.807) is 6.07 Å². The van der Waals surface area contributed by atoms with Crippen LogP contribution in [-0.2, 0) is 9.84 Å². The zero-order valence-corrected chi connectivity index (χ0v) is 13.4. The van der Waals surface area contributed by atoms with Crippen LogP contribution >= 0.6 is 0 Å². The van der Waals surface area contributed by atoms with Gasteiger partial charge in [0.15, 0.2) is 5.82 Å². The van der Waals surface area contributed by atoms with Gasteiger partial charge in [0, 0.05) is 18.2 Å². The lowest BCUT2D eigenvalue weighted by Crippen LogP contribution is -2.30. The van der Waals surface area contributed by atoms with E-state index in [1.807, 2.05) is 19.1 Å². The Bertz CT molecular complexity index is 689. The molecule has 4 N–H and O–H groups in total. The van der Waals surface area contributed by atoms with Crippen LogP contribution in [0.25, 0.3) is 6.08 Å². The molecular weight excluding hydrogens is 302 g/mol. The van der Waals surface area contributed by atoms with Crippen molar-refractivity contribution in [3.63, 3.8) is 0 Å². The number of nitrogens with one attached hydrogen (secondary N) is 2. The largest absolute Gasteiger partial charge is 0.387 e. The van der Waals surface area contributed by atoms with E-state index < -0.39 is 9.84 Å². The van der Waals surface area contributed by atoms with E-state index in [4.69, 9.17) is 11.1 Å². The van der Waals surface area contributed by atoms with Crippen LogP contribution in [0.15, 0.2) is 17.1 Å². The summed E-state index contributed by atoms with van der Waals surface area (Å²) in [5.74, 6) is 1.09. The summed E-state index contributed by atoms with van der Waals surface area (Å²) in [5.41, 5.74) is 7.15. The Balaban J connectivity index is 1.94. The van der Waals surface area contributed by atoms with Gasteiger partial charge in [0.1, 0.15) is 15.7 Å². The highest BCUT2D eigenvalue weighted by Gasteiger charge is 2.26. The maximum atomic E-state index is 11.4. The minimum Gasteiger partial charge on any atom is -0.387 e. The zero-order chi connectivity index (χ0) is 16.2. The molecule has 8 heteroatoms. The first-order chi connectivity index (χ1) is 10.4. The topological polar surface area (TPSA) is 125 Å². The van der Waals surface area contributed by atoms with Crippen molar-refractivity contribution >= 4 is 33.3 Å². The van der Waals surface area contributed by atoms with Crippen LogP contribution in [0.4, 0.5) is 5.82 Å². The van der Waals surface area contributed by atoms with E-state index in [-0.39, 0.29) is 23.8 Å². The maximum Gasteiger partial charge on any atom is 0.175 e. The minimum atomic E-state index is -2.91. The van der Waals surface area contributed by atoms with E-state index >= 15 is 0 Å². The predicted octanol–water partition coefficient (Wildman–Crippen LogP) is 1.67. The highest BCUT2D eigenvalue weighted by molar-refractivity contribution is 7.91. The van der Waals surface area contributed by atoms with Crippen LogP contribution in [0.3, 0.4) is 0 Å². The van der Waals surface area contributed by atoms with Crippen molar-refractivity contribution in [3.05, 3.63) is 17.8 Å². The fourth-order valence-corrected chi connectivity index (χ4v) is 3.90. The molecule has 1 saturated heterocycles. The second-order valence-electron chi connectivity index (χ2n) is 5.41. The molecule has 0 saturated carbocycles. The predicted molar refractivity (Wildman–Crippen MR) is 88.3 cm³/mol. The smallest absolute Gasteiger partial charge is 0.175 e. The van der Waals surface area contributed by atoms with Crippen molar-refractivity contribution < 1.29 is 8.42 Å². The fourth-order valence-electron chi connectivity index (χ4n) is 2.41. The molecule has 0 radical (unpaired) electrons. The van der Waals surface area contributed by atoms with Crippen molar-refractivity contribution in [3.8, 4) is 0 Å². The Morgan fingerprint density at radius 3 is 2.86 bits per heavy atom. The number of hydrogen-bond donors (Lipinski definition) is 3. The average Bonchev–Trinajstić information content (AvgIpc) is 2.86. The lowest BCUT2D eigenvalue weighted by Gasteiger charge is -2.22. The summed E-state index contributed by atoms with van der Waals surface area (Å²) in [6.45, 7) is 1.91. The highest BCUT2D eigenvalue weighted by Crippen LogP contribution is 2.21. The van der Waals surface area contributed by atoms with Crippen LogP contribution in [0, 0.1) is 11.3 Å². The average molecular weight is 323 g/mol. The first kappa shape index (κ1) is 16.4. The molecule has 7 nitrogen and oxygen atoms in total. The number of nitrogens with zero attached hydrogens (tertiary/aromatic N) is 2. The summed E-state index contributed by atoms with van der Waals surface area (Å²) in [7, 11) is -2.91. The van der Waals surface area contributed by atoms with Gasteiger partial charge in [-0.15, -0.1) is 0 Å². The third-order valence-electron chi connectivity index (χ3n) is 3.61. The van der Waals surface area contributed by atoms with E-state index in [2.05, 4.69) is 15.2 Å². The monoisotopic (exact) mass is 323 g/mol. The summed E-state index contributed by atoms with van der Waals surface area (Å²) in [6.07, 6.45) is 5.00. The standard InChI is InChI=1S/C14H21N5O2S/c1-2-3-11-8-14(19-18-11)17-13(16)9-12(15)10-4-6-22(20,21)7-5-10/h2-3,8,10,15H,4-7,9H2,1H3,(H3,16,17,18,19)/b3-2+,15-12?. The molecule has 0 bridgehead atoms. The van der Waals surface area contributed by atoms with Crippen molar-refractivity contribution in [1.29, 1.82) is 5.41 Å². The molecule has 0 unspecified atom stereocenters. The molecule has 2 rings (SSSR count). The van der Waals surface area contributed by atoms with Gasteiger partial charge in [-0.1, -0.05) is 6.08 Å². The maximum absolute atomic E-state index is 11.4. The summed E-state index contributed by atoms with van der Waals surface area (Å²) in [6, 6.07) is 1.77. The Labute approximate surface area is 130 Å². The molecule has 1 aromatic heterocycles. The Hall–Kier alpha value is -1.96. The van der Waals surface area contributed by atoms with E-state index in [0.717, 1.165) is 5.69 Å².